The number of anilines is 1. The minimum atomic E-state index is 0.0851. The van der Waals surface area contributed by atoms with Crippen LogP contribution in [0.2, 0.25) is 0 Å². The molecule has 0 radical (unpaired) electrons. The van der Waals surface area contributed by atoms with Gasteiger partial charge in [0.05, 0.1) is 13.2 Å². The van der Waals surface area contributed by atoms with Gasteiger partial charge < -0.3 is 19.5 Å². The van der Waals surface area contributed by atoms with E-state index in [1.807, 2.05) is 19.1 Å². The van der Waals surface area contributed by atoms with Gasteiger partial charge in [0, 0.05) is 11.7 Å². The second-order valence-electron chi connectivity index (χ2n) is 11.4. The molecule has 6 nitrogen and oxygen atoms in total. The third-order valence-electron chi connectivity index (χ3n) is 8.48. The molecule has 3 aromatic carbocycles. The van der Waals surface area contributed by atoms with Crippen LogP contribution in [-0.2, 0) is 17.6 Å². The molecule has 0 bridgehead atoms. The smallest absolute Gasteiger partial charge is 0.238 e. The Morgan fingerprint density at radius 3 is 2.37 bits per heavy atom. The number of aryl methyl sites for hydroxylation is 3. The van der Waals surface area contributed by atoms with Crippen molar-refractivity contribution in [2.24, 2.45) is 5.92 Å². The molecule has 1 saturated heterocycles. The fourth-order valence-electron chi connectivity index (χ4n) is 5.65. The van der Waals surface area contributed by atoms with E-state index < -0.39 is 0 Å². The summed E-state index contributed by atoms with van der Waals surface area (Å²) in [6.45, 7) is 11.0. The van der Waals surface area contributed by atoms with E-state index in [2.05, 4.69) is 73.5 Å². The van der Waals surface area contributed by atoms with Crippen molar-refractivity contribution in [3.05, 3.63) is 82.4 Å². The van der Waals surface area contributed by atoms with E-state index in [0.717, 1.165) is 67.7 Å². The summed E-state index contributed by atoms with van der Waals surface area (Å²) in [7, 11) is 0. The number of hydrogen-bond acceptors (Lipinski definition) is 5. The van der Waals surface area contributed by atoms with Crippen molar-refractivity contribution in [3.63, 3.8) is 0 Å². The number of benzene rings is 3. The van der Waals surface area contributed by atoms with Gasteiger partial charge in [0.1, 0.15) is 5.75 Å². The lowest BCUT2D eigenvalue weighted by molar-refractivity contribution is -0.117. The molecule has 1 saturated carbocycles. The Morgan fingerprint density at radius 2 is 1.68 bits per heavy atom. The van der Waals surface area contributed by atoms with E-state index in [9.17, 15) is 4.79 Å². The van der Waals surface area contributed by atoms with Crippen molar-refractivity contribution in [2.45, 2.75) is 72.3 Å². The van der Waals surface area contributed by atoms with Crippen molar-refractivity contribution >= 4 is 11.6 Å². The first-order chi connectivity index (χ1) is 20.0. The van der Waals surface area contributed by atoms with Crippen molar-refractivity contribution in [1.82, 2.24) is 4.90 Å². The van der Waals surface area contributed by atoms with Crippen molar-refractivity contribution in [3.8, 4) is 17.2 Å². The molecule has 218 valence electrons. The Bertz CT molecular complexity index is 1310. The van der Waals surface area contributed by atoms with E-state index in [1.54, 1.807) is 0 Å². The largest absolute Gasteiger partial charge is 0.493 e. The Hall–Kier alpha value is -3.51. The highest BCUT2D eigenvalue weighted by molar-refractivity contribution is 5.94. The fraction of sp³-hybridized carbons (Fsp3) is 0.457. The molecule has 1 N–H and O–H groups in total. The number of amides is 1. The molecule has 1 unspecified atom stereocenters. The summed E-state index contributed by atoms with van der Waals surface area (Å²) in [6.07, 6.45) is 6.68. The molecule has 1 amide bonds. The first-order valence-electron chi connectivity index (χ1n) is 15.2. The third-order valence-corrected chi connectivity index (χ3v) is 8.48. The summed E-state index contributed by atoms with van der Waals surface area (Å²) in [5.41, 5.74) is 7.14. The number of nitrogens with zero attached hydrogens (tertiary/aromatic N) is 1. The van der Waals surface area contributed by atoms with Gasteiger partial charge in [0.2, 0.25) is 12.7 Å². The molecule has 6 rings (SSSR count). The summed E-state index contributed by atoms with van der Waals surface area (Å²) in [5, 5.41) is 3.22. The van der Waals surface area contributed by atoms with Crippen LogP contribution in [0.15, 0.2) is 54.6 Å². The van der Waals surface area contributed by atoms with Gasteiger partial charge in [-0.1, -0.05) is 50.2 Å². The average Bonchev–Trinajstić information content (AvgIpc) is 3.49. The number of nitrogens with one attached hydrogen (secondary N) is 1. The van der Waals surface area contributed by atoms with Crippen LogP contribution in [0, 0.1) is 19.8 Å². The van der Waals surface area contributed by atoms with Gasteiger partial charge in [-0.25, -0.2) is 0 Å². The molecular formula is C35H44N2O4. The zero-order valence-electron chi connectivity index (χ0n) is 25.0. The fourth-order valence-corrected chi connectivity index (χ4v) is 5.65. The molecule has 0 aromatic heterocycles. The SMILES string of the molecule is CCc1cccc(CC)c1NC(=O)CN1CCCC1c1ccc(OCC2CC2)cc1.Cc1ccc2c(c1C)OCO2. The molecule has 2 aliphatic heterocycles. The molecular weight excluding hydrogens is 512 g/mol. The highest BCUT2D eigenvalue weighted by atomic mass is 16.7. The maximum atomic E-state index is 12.9. The summed E-state index contributed by atoms with van der Waals surface area (Å²) in [4.78, 5) is 15.2. The standard InChI is InChI=1S/C26H34N2O2.C9H10O2/c1-3-20-7-5-8-21(4-2)26(20)27-25(29)17-28-16-6-9-24(28)22-12-14-23(15-13-22)30-18-19-10-11-19;1-6-3-4-8-9(7(6)2)11-5-10-8/h5,7-8,12-15,19,24H,3-4,6,9-11,16-18H2,1-2H3,(H,27,29);3-4H,5H2,1-2H3. The maximum Gasteiger partial charge on any atom is 0.238 e. The van der Waals surface area contributed by atoms with Crippen molar-refractivity contribution in [2.75, 3.05) is 31.8 Å². The number of fused-ring (bicyclic) bond motifs is 1. The van der Waals surface area contributed by atoms with Crippen molar-refractivity contribution < 1.29 is 19.0 Å². The van der Waals surface area contributed by atoms with Crippen LogP contribution >= 0.6 is 0 Å². The zero-order valence-corrected chi connectivity index (χ0v) is 25.0. The lowest BCUT2D eigenvalue weighted by Gasteiger charge is -2.25. The molecule has 0 spiro atoms. The highest BCUT2D eigenvalue weighted by Crippen LogP contribution is 2.36. The molecule has 41 heavy (non-hydrogen) atoms. The number of carbonyl (C=O) groups is 1. The Kier molecular flexibility index (Phi) is 9.50. The van der Waals surface area contributed by atoms with Crippen LogP contribution in [0.25, 0.3) is 0 Å². The molecule has 2 fully saturated rings. The van der Waals surface area contributed by atoms with Gasteiger partial charge in [0.15, 0.2) is 11.5 Å². The molecule has 1 atom stereocenters. The van der Waals surface area contributed by atoms with Crippen LogP contribution in [0.3, 0.4) is 0 Å². The van der Waals surface area contributed by atoms with E-state index >= 15 is 0 Å². The summed E-state index contributed by atoms with van der Waals surface area (Å²) >= 11 is 0. The number of para-hydroxylation sites is 1. The van der Waals surface area contributed by atoms with E-state index in [0.29, 0.717) is 19.4 Å². The molecule has 1 aliphatic carbocycles. The lowest BCUT2D eigenvalue weighted by Crippen LogP contribution is -2.33. The third kappa shape index (κ3) is 7.23. The van der Waals surface area contributed by atoms with Crippen LogP contribution in [0.4, 0.5) is 5.69 Å². The summed E-state index contributed by atoms with van der Waals surface area (Å²) < 4.78 is 16.4. The monoisotopic (exact) mass is 556 g/mol. The van der Waals surface area contributed by atoms with Crippen LogP contribution in [0.5, 0.6) is 17.2 Å². The lowest BCUT2D eigenvalue weighted by atomic mass is 10.0. The van der Waals surface area contributed by atoms with Gasteiger partial charge in [-0.2, -0.15) is 0 Å². The molecule has 6 heteroatoms. The predicted molar refractivity (Wildman–Crippen MR) is 164 cm³/mol. The average molecular weight is 557 g/mol. The summed E-state index contributed by atoms with van der Waals surface area (Å²) in [6, 6.07) is 19.1. The highest BCUT2D eigenvalue weighted by Gasteiger charge is 2.28. The first kappa shape index (κ1) is 29.0. The minimum Gasteiger partial charge on any atom is -0.493 e. The second kappa shape index (κ2) is 13.4. The Morgan fingerprint density at radius 1 is 0.951 bits per heavy atom. The Labute approximate surface area is 245 Å². The topological polar surface area (TPSA) is 60.0 Å². The second-order valence-corrected chi connectivity index (χ2v) is 11.4. The Balaban J connectivity index is 0.000000255. The number of carbonyl (C=O) groups excluding carboxylic acids is 1. The van der Waals surface area contributed by atoms with Crippen LogP contribution < -0.4 is 19.5 Å². The van der Waals surface area contributed by atoms with Crippen LogP contribution in [-0.4, -0.2) is 37.3 Å². The zero-order chi connectivity index (χ0) is 28.8. The van der Waals surface area contributed by atoms with Crippen molar-refractivity contribution in [1.29, 1.82) is 0 Å². The number of rotatable bonds is 9. The van der Waals surface area contributed by atoms with Crippen LogP contribution in [0.1, 0.15) is 73.4 Å². The van der Waals surface area contributed by atoms with Gasteiger partial charge in [0.25, 0.3) is 0 Å². The quantitative estimate of drug-likeness (QED) is 0.297. The minimum absolute atomic E-state index is 0.0851. The van der Waals surface area contributed by atoms with Gasteiger partial charge in [-0.3, -0.25) is 9.69 Å². The molecule has 2 heterocycles. The van der Waals surface area contributed by atoms with E-state index in [1.165, 1.54) is 40.7 Å². The van der Waals surface area contributed by atoms with Gasteiger partial charge in [-0.15, -0.1) is 0 Å². The number of ether oxygens (including phenoxy) is 3. The molecule has 3 aromatic rings. The maximum absolute atomic E-state index is 12.9. The predicted octanol–water partition coefficient (Wildman–Crippen LogP) is 7.41. The van der Waals surface area contributed by atoms with Gasteiger partial charge in [-0.05, 0) is 111 Å². The van der Waals surface area contributed by atoms with E-state index in [-0.39, 0.29) is 5.91 Å². The number of likely N-dealkylation sites (tertiary alicyclic amines) is 1. The first-order valence-corrected chi connectivity index (χ1v) is 15.2. The normalized spacial score (nSPS) is 17.6. The number of hydrogen-bond donors (Lipinski definition) is 1. The summed E-state index contributed by atoms with van der Waals surface area (Å²) in [5.74, 6) is 3.58. The molecule has 3 aliphatic rings. The van der Waals surface area contributed by atoms with E-state index in [4.69, 9.17) is 14.2 Å². The van der Waals surface area contributed by atoms with Gasteiger partial charge >= 0.3 is 0 Å².